The molecule has 0 saturated carbocycles. The Labute approximate surface area is 124 Å². The first-order valence-corrected chi connectivity index (χ1v) is 6.58. The minimum absolute atomic E-state index is 0.0478. The zero-order valence-corrected chi connectivity index (χ0v) is 12.3. The molecule has 0 radical (unpaired) electrons. The molecule has 0 aliphatic rings. The second-order valence-electron chi connectivity index (χ2n) is 4.00. The molecule has 0 N–H and O–H groups in total. The maximum atomic E-state index is 13.8. The van der Waals surface area contributed by atoms with Gasteiger partial charge in [0.15, 0.2) is 0 Å². The predicted molar refractivity (Wildman–Crippen MR) is 76.1 cm³/mol. The van der Waals surface area contributed by atoms with Crippen LogP contribution >= 0.6 is 15.9 Å². The van der Waals surface area contributed by atoms with Crippen molar-refractivity contribution in [1.29, 1.82) is 5.26 Å². The average Bonchev–Trinajstić information content (AvgIpc) is 2.46. The highest BCUT2D eigenvalue weighted by atomic mass is 79.9. The van der Waals surface area contributed by atoms with Crippen LogP contribution in [-0.2, 0) is 6.61 Å². The Hall–Kier alpha value is -2.06. The summed E-state index contributed by atoms with van der Waals surface area (Å²) in [5.41, 5.74) is 0.797. The molecule has 0 saturated heterocycles. The van der Waals surface area contributed by atoms with Crippen molar-refractivity contribution in [3.05, 3.63) is 57.8 Å². The van der Waals surface area contributed by atoms with Crippen LogP contribution in [0.4, 0.5) is 4.39 Å². The number of benzene rings is 2. The van der Waals surface area contributed by atoms with Gasteiger partial charge in [-0.2, -0.15) is 5.26 Å². The lowest BCUT2D eigenvalue weighted by molar-refractivity contribution is 0.298. The van der Waals surface area contributed by atoms with Crippen LogP contribution in [0.25, 0.3) is 0 Å². The number of ether oxygens (including phenoxy) is 2. The normalized spacial score (nSPS) is 9.90. The molecular formula is C15H11BrFNO2. The summed E-state index contributed by atoms with van der Waals surface area (Å²) in [7, 11) is 1.48. The third-order valence-corrected chi connectivity index (χ3v) is 3.20. The maximum absolute atomic E-state index is 13.8. The number of rotatable bonds is 4. The van der Waals surface area contributed by atoms with E-state index in [4.69, 9.17) is 14.7 Å². The van der Waals surface area contributed by atoms with Crippen molar-refractivity contribution >= 4 is 15.9 Å². The maximum Gasteiger partial charge on any atom is 0.137 e. The van der Waals surface area contributed by atoms with Gasteiger partial charge in [-0.15, -0.1) is 0 Å². The van der Waals surface area contributed by atoms with E-state index in [2.05, 4.69) is 15.9 Å². The summed E-state index contributed by atoms with van der Waals surface area (Å²) < 4.78 is 25.0. The highest BCUT2D eigenvalue weighted by molar-refractivity contribution is 9.10. The minimum Gasteiger partial charge on any atom is -0.497 e. The smallest absolute Gasteiger partial charge is 0.137 e. The molecule has 2 rings (SSSR count). The molecule has 0 amide bonds. The van der Waals surface area contributed by atoms with Gasteiger partial charge in [0, 0.05) is 16.1 Å². The molecule has 0 aliphatic carbocycles. The average molecular weight is 336 g/mol. The molecule has 0 bridgehead atoms. The molecule has 0 fully saturated rings. The van der Waals surface area contributed by atoms with Crippen LogP contribution in [0, 0.1) is 17.1 Å². The zero-order chi connectivity index (χ0) is 14.5. The molecule has 0 unspecified atom stereocenters. The lowest BCUT2D eigenvalue weighted by atomic mass is 10.2. The number of hydrogen-bond donors (Lipinski definition) is 0. The fraction of sp³-hybridized carbons (Fsp3) is 0.133. The van der Waals surface area contributed by atoms with Crippen molar-refractivity contribution < 1.29 is 13.9 Å². The van der Waals surface area contributed by atoms with Gasteiger partial charge < -0.3 is 9.47 Å². The van der Waals surface area contributed by atoms with E-state index in [-0.39, 0.29) is 6.61 Å². The van der Waals surface area contributed by atoms with Crippen LogP contribution in [0.2, 0.25) is 0 Å². The van der Waals surface area contributed by atoms with Crippen LogP contribution in [-0.4, -0.2) is 7.11 Å². The Kier molecular flexibility index (Phi) is 4.59. The van der Waals surface area contributed by atoms with Gasteiger partial charge in [0.1, 0.15) is 30.0 Å². The van der Waals surface area contributed by atoms with E-state index in [9.17, 15) is 4.39 Å². The fourth-order valence-corrected chi connectivity index (χ4v) is 2.00. The molecule has 0 aromatic heterocycles. The van der Waals surface area contributed by atoms with E-state index < -0.39 is 5.82 Å². The van der Waals surface area contributed by atoms with Crippen molar-refractivity contribution in [2.45, 2.75) is 6.61 Å². The number of halogens is 2. The summed E-state index contributed by atoms with van der Waals surface area (Å²) in [5, 5.41) is 9.02. The van der Waals surface area contributed by atoms with Gasteiger partial charge in [-0.05, 0) is 30.3 Å². The summed E-state index contributed by atoms with van der Waals surface area (Å²) in [5.74, 6) is 0.471. The molecule has 3 nitrogen and oxygen atoms in total. The molecule has 20 heavy (non-hydrogen) atoms. The summed E-state index contributed by atoms with van der Waals surface area (Å²) >= 11 is 3.28. The third kappa shape index (κ3) is 3.28. The topological polar surface area (TPSA) is 42.2 Å². The molecule has 0 aliphatic heterocycles. The van der Waals surface area contributed by atoms with E-state index in [1.807, 2.05) is 6.07 Å². The summed E-state index contributed by atoms with van der Waals surface area (Å²) in [4.78, 5) is 0. The SMILES string of the molecule is COc1ccc(COc2ccc(Br)cc2C#N)c(F)c1. The highest BCUT2D eigenvalue weighted by Crippen LogP contribution is 2.24. The standard InChI is InChI=1S/C15H11BrFNO2/c1-19-13-4-2-10(14(17)7-13)9-20-15-5-3-12(16)6-11(15)8-18/h2-7H,9H2,1H3. The van der Waals surface area contributed by atoms with Crippen molar-refractivity contribution in [3.8, 4) is 17.6 Å². The van der Waals surface area contributed by atoms with E-state index in [1.54, 1.807) is 30.3 Å². The zero-order valence-electron chi connectivity index (χ0n) is 10.7. The number of hydrogen-bond acceptors (Lipinski definition) is 3. The largest absolute Gasteiger partial charge is 0.497 e. The molecule has 2 aromatic carbocycles. The van der Waals surface area contributed by atoms with Crippen molar-refractivity contribution in [1.82, 2.24) is 0 Å². The van der Waals surface area contributed by atoms with Crippen LogP contribution in [0.5, 0.6) is 11.5 Å². The molecule has 0 heterocycles. The lowest BCUT2D eigenvalue weighted by Crippen LogP contribution is -2.00. The van der Waals surface area contributed by atoms with Crippen LogP contribution in [0.15, 0.2) is 40.9 Å². The van der Waals surface area contributed by atoms with Crippen LogP contribution in [0.1, 0.15) is 11.1 Å². The summed E-state index contributed by atoms with van der Waals surface area (Å²) in [6.07, 6.45) is 0. The second kappa shape index (κ2) is 6.40. The van der Waals surface area contributed by atoms with Gasteiger partial charge in [0.05, 0.1) is 12.7 Å². The number of nitrogens with zero attached hydrogens (tertiary/aromatic N) is 1. The Morgan fingerprint density at radius 2 is 2.05 bits per heavy atom. The Bertz CT molecular complexity index is 667. The van der Waals surface area contributed by atoms with Crippen molar-refractivity contribution in [3.63, 3.8) is 0 Å². The van der Waals surface area contributed by atoms with Crippen molar-refractivity contribution in [2.75, 3.05) is 7.11 Å². The number of methoxy groups -OCH3 is 1. The Morgan fingerprint density at radius 1 is 1.25 bits per heavy atom. The second-order valence-corrected chi connectivity index (χ2v) is 4.91. The van der Waals surface area contributed by atoms with Gasteiger partial charge in [-0.3, -0.25) is 0 Å². The monoisotopic (exact) mass is 335 g/mol. The molecule has 102 valence electrons. The minimum atomic E-state index is -0.403. The van der Waals surface area contributed by atoms with E-state index in [0.29, 0.717) is 22.6 Å². The summed E-state index contributed by atoms with van der Waals surface area (Å²) in [6.45, 7) is 0.0478. The summed E-state index contributed by atoms with van der Waals surface area (Å²) in [6, 6.07) is 11.7. The fourth-order valence-electron chi connectivity index (χ4n) is 1.64. The Morgan fingerprint density at radius 3 is 2.70 bits per heavy atom. The van der Waals surface area contributed by atoms with E-state index >= 15 is 0 Å². The van der Waals surface area contributed by atoms with Crippen LogP contribution < -0.4 is 9.47 Å². The number of nitriles is 1. The van der Waals surface area contributed by atoms with Gasteiger partial charge in [0.25, 0.3) is 0 Å². The lowest BCUT2D eigenvalue weighted by Gasteiger charge is -2.09. The van der Waals surface area contributed by atoms with Gasteiger partial charge in [-0.25, -0.2) is 4.39 Å². The first kappa shape index (κ1) is 14.4. The van der Waals surface area contributed by atoms with Gasteiger partial charge in [0.2, 0.25) is 0 Å². The first-order valence-electron chi connectivity index (χ1n) is 5.79. The molecule has 0 atom stereocenters. The van der Waals surface area contributed by atoms with Gasteiger partial charge >= 0.3 is 0 Å². The van der Waals surface area contributed by atoms with E-state index in [1.165, 1.54) is 13.2 Å². The highest BCUT2D eigenvalue weighted by Gasteiger charge is 2.08. The quantitative estimate of drug-likeness (QED) is 0.846. The van der Waals surface area contributed by atoms with Gasteiger partial charge in [-0.1, -0.05) is 15.9 Å². The molecular weight excluding hydrogens is 325 g/mol. The molecule has 0 spiro atoms. The predicted octanol–water partition coefficient (Wildman–Crippen LogP) is 4.05. The third-order valence-electron chi connectivity index (χ3n) is 2.71. The molecule has 5 heteroatoms. The Balaban J connectivity index is 2.15. The van der Waals surface area contributed by atoms with Crippen LogP contribution in [0.3, 0.4) is 0 Å². The van der Waals surface area contributed by atoms with E-state index in [0.717, 1.165) is 4.47 Å². The first-order chi connectivity index (χ1) is 9.63. The van der Waals surface area contributed by atoms with Crippen molar-refractivity contribution in [2.24, 2.45) is 0 Å². The molecule has 2 aromatic rings.